The zero-order valence-corrected chi connectivity index (χ0v) is 22.7. The SMILES string of the molecule is CC(C)=CCC[C@@](C)(O)[C@@H]1CC[C@]2(C)[C@H]1[C@@H](O)C[C@@H]1[C@]2(C)CCC2C(C)(C)[C@@H](O)CC[C@]21C. The van der Waals surface area contributed by atoms with E-state index in [1.54, 1.807) is 0 Å². The monoisotopic (exact) mass is 460 g/mol. The lowest BCUT2D eigenvalue weighted by molar-refractivity contribution is -0.246. The molecule has 0 aliphatic heterocycles. The van der Waals surface area contributed by atoms with Gasteiger partial charge < -0.3 is 15.3 Å². The van der Waals surface area contributed by atoms with Crippen molar-refractivity contribution in [2.75, 3.05) is 0 Å². The van der Waals surface area contributed by atoms with Gasteiger partial charge in [-0.1, -0.05) is 46.3 Å². The molecule has 0 saturated heterocycles. The average Bonchev–Trinajstić information content (AvgIpc) is 3.08. The summed E-state index contributed by atoms with van der Waals surface area (Å²) in [6.45, 7) is 18.3. The molecule has 10 atom stereocenters. The summed E-state index contributed by atoms with van der Waals surface area (Å²) in [6, 6.07) is 0. The van der Waals surface area contributed by atoms with Crippen LogP contribution in [0.3, 0.4) is 0 Å². The van der Waals surface area contributed by atoms with Crippen LogP contribution in [0.2, 0.25) is 0 Å². The number of hydrogen-bond donors (Lipinski definition) is 3. The Morgan fingerprint density at radius 1 is 0.909 bits per heavy atom. The Morgan fingerprint density at radius 2 is 1.55 bits per heavy atom. The second-order valence-corrected chi connectivity index (χ2v) is 14.5. The van der Waals surface area contributed by atoms with Gasteiger partial charge in [-0.25, -0.2) is 0 Å². The summed E-state index contributed by atoms with van der Waals surface area (Å²) in [4.78, 5) is 0. The van der Waals surface area contributed by atoms with Crippen LogP contribution in [-0.2, 0) is 0 Å². The number of aliphatic hydroxyl groups is 3. The molecule has 0 aromatic heterocycles. The zero-order chi connectivity index (χ0) is 24.6. The molecule has 0 bridgehead atoms. The van der Waals surface area contributed by atoms with E-state index >= 15 is 0 Å². The molecule has 3 heteroatoms. The van der Waals surface area contributed by atoms with Gasteiger partial charge in [-0.05, 0) is 124 Å². The van der Waals surface area contributed by atoms with E-state index in [0.717, 1.165) is 44.9 Å². The van der Waals surface area contributed by atoms with Crippen LogP contribution in [0.15, 0.2) is 11.6 Å². The van der Waals surface area contributed by atoms with E-state index in [1.807, 2.05) is 6.92 Å². The molecule has 1 unspecified atom stereocenters. The summed E-state index contributed by atoms with van der Waals surface area (Å²) in [5.41, 5.74) is 0.885. The normalized spacial score (nSPS) is 50.5. The minimum absolute atomic E-state index is 0.0503. The molecule has 3 nitrogen and oxygen atoms in total. The highest BCUT2D eigenvalue weighted by Gasteiger charge is 2.71. The van der Waals surface area contributed by atoms with Gasteiger partial charge >= 0.3 is 0 Å². The first-order valence-electron chi connectivity index (χ1n) is 13.8. The number of fused-ring (bicyclic) bond motifs is 5. The lowest BCUT2D eigenvalue weighted by Gasteiger charge is -2.70. The van der Waals surface area contributed by atoms with Gasteiger partial charge in [0.25, 0.3) is 0 Å². The van der Waals surface area contributed by atoms with Gasteiger partial charge in [0.1, 0.15) is 0 Å². The Labute approximate surface area is 203 Å². The van der Waals surface area contributed by atoms with Gasteiger partial charge in [-0.3, -0.25) is 0 Å². The summed E-state index contributed by atoms with van der Waals surface area (Å²) in [7, 11) is 0. The van der Waals surface area contributed by atoms with Crippen LogP contribution in [0.1, 0.15) is 113 Å². The van der Waals surface area contributed by atoms with Crippen LogP contribution in [-0.4, -0.2) is 33.1 Å². The maximum atomic E-state index is 11.8. The minimum atomic E-state index is -0.739. The first kappa shape index (κ1) is 25.7. The molecule has 4 saturated carbocycles. The number of aliphatic hydroxyl groups excluding tert-OH is 2. The number of allylic oxidation sites excluding steroid dienone is 2. The first-order valence-corrected chi connectivity index (χ1v) is 13.8. The summed E-state index contributed by atoms with van der Waals surface area (Å²) in [6.07, 6.45) is 10.6. The third-order valence-electron chi connectivity index (χ3n) is 12.4. The van der Waals surface area contributed by atoms with E-state index in [9.17, 15) is 15.3 Å². The van der Waals surface area contributed by atoms with Crippen molar-refractivity contribution in [2.24, 2.45) is 45.3 Å². The summed E-state index contributed by atoms with van der Waals surface area (Å²) in [5, 5.41) is 34.3. The minimum Gasteiger partial charge on any atom is -0.393 e. The third kappa shape index (κ3) is 3.61. The van der Waals surface area contributed by atoms with Crippen LogP contribution in [0, 0.1) is 45.3 Å². The Kier molecular flexibility index (Phi) is 6.28. The van der Waals surface area contributed by atoms with Crippen LogP contribution in [0.4, 0.5) is 0 Å². The van der Waals surface area contributed by atoms with Crippen LogP contribution in [0.25, 0.3) is 0 Å². The molecular weight excluding hydrogens is 408 g/mol. The van der Waals surface area contributed by atoms with Crippen LogP contribution < -0.4 is 0 Å². The molecule has 4 aliphatic carbocycles. The fourth-order valence-electron chi connectivity index (χ4n) is 10.3. The molecule has 33 heavy (non-hydrogen) atoms. The summed E-state index contributed by atoms with van der Waals surface area (Å²) >= 11 is 0. The van der Waals surface area contributed by atoms with E-state index in [-0.39, 0.29) is 45.7 Å². The third-order valence-corrected chi connectivity index (χ3v) is 12.4. The molecule has 190 valence electrons. The molecule has 0 aromatic rings. The van der Waals surface area contributed by atoms with Crippen LogP contribution in [0.5, 0.6) is 0 Å². The van der Waals surface area contributed by atoms with Crippen LogP contribution >= 0.6 is 0 Å². The van der Waals surface area contributed by atoms with Gasteiger partial charge in [-0.2, -0.15) is 0 Å². The second kappa shape index (κ2) is 8.07. The zero-order valence-electron chi connectivity index (χ0n) is 22.7. The van der Waals surface area contributed by atoms with Crippen molar-refractivity contribution >= 4 is 0 Å². The molecule has 3 N–H and O–H groups in total. The van der Waals surface area contributed by atoms with Crippen molar-refractivity contribution < 1.29 is 15.3 Å². The fraction of sp³-hybridized carbons (Fsp3) is 0.933. The molecule has 0 amide bonds. The van der Waals surface area contributed by atoms with E-state index in [2.05, 4.69) is 54.5 Å². The summed E-state index contributed by atoms with van der Waals surface area (Å²) < 4.78 is 0. The van der Waals surface area contributed by atoms with Crippen molar-refractivity contribution in [3.8, 4) is 0 Å². The van der Waals surface area contributed by atoms with E-state index in [4.69, 9.17) is 0 Å². The Hall–Kier alpha value is -0.380. The van der Waals surface area contributed by atoms with Gasteiger partial charge in [0.05, 0.1) is 17.8 Å². The highest BCUT2D eigenvalue weighted by Crippen LogP contribution is 2.75. The van der Waals surface area contributed by atoms with Crippen molar-refractivity contribution in [3.63, 3.8) is 0 Å². The predicted octanol–water partition coefficient (Wildman–Crippen LogP) is 6.50. The predicted molar refractivity (Wildman–Crippen MR) is 136 cm³/mol. The van der Waals surface area contributed by atoms with Gasteiger partial charge in [0.2, 0.25) is 0 Å². The summed E-state index contributed by atoms with van der Waals surface area (Å²) in [5.74, 6) is 1.31. The fourth-order valence-corrected chi connectivity index (χ4v) is 10.3. The van der Waals surface area contributed by atoms with Gasteiger partial charge in [0.15, 0.2) is 0 Å². The van der Waals surface area contributed by atoms with E-state index in [0.29, 0.717) is 11.8 Å². The smallest absolute Gasteiger partial charge is 0.0654 e. The quantitative estimate of drug-likeness (QED) is 0.420. The van der Waals surface area contributed by atoms with Crippen molar-refractivity contribution in [2.45, 2.75) is 131 Å². The molecule has 0 heterocycles. The molecule has 4 fully saturated rings. The van der Waals surface area contributed by atoms with E-state index in [1.165, 1.54) is 18.4 Å². The standard InChI is InChI=1S/C30H52O3/c1-19(2)10-9-14-30(8,33)20-11-16-29(7)25(20)21(31)18-23-27(5)15-13-24(32)26(3,4)22(27)12-17-28(23,29)6/h10,20-25,31-33H,9,11-18H2,1-8H3/t20-,21+,22?,23+,24+,25-,27-,28+,29-,30-/m1/s1. The van der Waals surface area contributed by atoms with Crippen molar-refractivity contribution in [1.29, 1.82) is 0 Å². The van der Waals surface area contributed by atoms with E-state index < -0.39 is 5.60 Å². The maximum Gasteiger partial charge on any atom is 0.0654 e. The number of hydrogen-bond acceptors (Lipinski definition) is 3. The molecule has 0 radical (unpaired) electrons. The lowest BCUT2D eigenvalue weighted by Crippen LogP contribution is -2.66. The molecule has 4 aliphatic rings. The largest absolute Gasteiger partial charge is 0.393 e. The Bertz CT molecular complexity index is 779. The highest BCUT2D eigenvalue weighted by molar-refractivity contribution is 5.20. The second-order valence-electron chi connectivity index (χ2n) is 14.5. The van der Waals surface area contributed by atoms with Crippen molar-refractivity contribution in [1.82, 2.24) is 0 Å². The topological polar surface area (TPSA) is 60.7 Å². The van der Waals surface area contributed by atoms with Gasteiger partial charge in [0, 0.05) is 0 Å². The Balaban J connectivity index is 1.66. The first-order chi connectivity index (χ1) is 15.1. The molecule has 0 aromatic carbocycles. The maximum absolute atomic E-state index is 11.8. The number of rotatable bonds is 4. The average molecular weight is 461 g/mol. The highest BCUT2D eigenvalue weighted by atomic mass is 16.3. The van der Waals surface area contributed by atoms with Crippen molar-refractivity contribution in [3.05, 3.63) is 11.6 Å². The molecular formula is C30H52O3. The van der Waals surface area contributed by atoms with Gasteiger partial charge in [-0.15, -0.1) is 0 Å². The lowest BCUT2D eigenvalue weighted by atomic mass is 9.35. The molecule has 0 spiro atoms. The Morgan fingerprint density at radius 3 is 2.18 bits per heavy atom. The molecule has 4 rings (SSSR count).